The van der Waals surface area contributed by atoms with E-state index in [-0.39, 0.29) is 35.7 Å². The predicted octanol–water partition coefficient (Wildman–Crippen LogP) is 4.42. The van der Waals surface area contributed by atoms with Gasteiger partial charge in [-0.1, -0.05) is 18.1 Å². The van der Waals surface area contributed by atoms with Gasteiger partial charge in [0.1, 0.15) is 11.7 Å². The molecule has 1 aliphatic heterocycles. The minimum absolute atomic E-state index is 0.00405. The number of carboxylic acids is 1. The molecule has 6 N–H and O–H groups in total. The number of nitrogens with two attached hydrogens (primary N) is 1. The maximum absolute atomic E-state index is 12.6. The molecule has 246 valence electrons. The smallest absolute Gasteiger partial charge is 0.303 e. The maximum Gasteiger partial charge on any atom is 0.303 e. The summed E-state index contributed by atoms with van der Waals surface area (Å²) in [6.07, 6.45) is 11.1. The van der Waals surface area contributed by atoms with Crippen molar-refractivity contribution in [3.8, 4) is 35.0 Å². The lowest BCUT2D eigenvalue weighted by molar-refractivity contribution is -0.137. The van der Waals surface area contributed by atoms with Gasteiger partial charge in [0.25, 0.3) is 0 Å². The summed E-state index contributed by atoms with van der Waals surface area (Å²) in [4.78, 5) is 28.0. The van der Waals surface area contributed by atoms with Gasteiger partial charge in [0, 0.05) is 32.9 Å². The Kier molecular flexibility index (Phi) is 11.9. The number of methoxy groups -OCH3 is 1. The van der Waals surface area contributed by atoms with Crippen LogP contribution in [-0.2, 0) is 22.4 Å². The van der Waals surface area contributed by atoms with Crippen LogP contribution in [0, 0.1) is 23.9 Å². The topological polar surface area (TPSA) is 165 Å². The normalized spacial score (nSPS) is 20.5. The van der Waals surface area contributed by atoms with E-state index >= 15 is 0 Å². The lowest BCUT2D eigenvalue weighted by atomic mass is 9.89. The van der Waals surface area contributed by atoms with Gasteiger partial charge >= 0.3 is 5.97 Å². The number of nitrogens with zero attached hydrogens (tertiary/aromatic N) is 1. The van der Waals surface area contributed by atoms with E-state index in [4.69, 9.17) is 19.9 Å². The Morgan fingerprint density at radius 2 is 2.02 bits per heavy atom. The number of hydrogen-bond acceptors (Lipinski definition) is 8. The van der Waals surface area contributed by atoms with E-state index in [0.717, 1.165) is 17.5 Å². The molecule has 0 unspecified atom stereocenters. The van der Waals surface area contributed by atoms with Crippen molar-refractivity contribution in [1.82, 2.24) is 5.32 Å². The van der Waals surface area contributed by atoms with Crippen molar-refractivity contribution in [3.63, 3.8) is 0 Å². The second-order valence-electron chi connectivity index (χ2n) is 11.9. The monoisotopic (exact) mass is 632 g/mol. The number of hydrogen-bond donors (Lipinski definition) is 5. The van der Waals surface area contributed by atoms with E-state index in [9.17, 15) is 19.8 Å². The zero-order valence-corrected chi connectivity index (χ0v) is 26.7. The van der Waals surface area contributed by atoms with E-state index in [2.05, 4.69) is 27.7 Å². The number of ether oxygens (including phenoxy) is 3. The number of allylic oxidation sites excluding steroid dienone is 2. The SMILES string of the molecule is CN=C(N)Nc1cc(CC/C=C/C(=O)CCc2ccc(O)c(OC)c2)cc2c1OC#CC[C@H]1C[C@](CNC)(C[C@H]1CCC(=O)O)O2. The Labute approximate surface area is 270 Å². The number of aromatic hydroxyl groups is 1. The lowest BCUT2D eigenvalue weighted by Gasteiger charge is -2.32. The zero-order valence-electron chi connectivity index (χ0n) is 26.7. The van der Waals surface area contributed by atoms with Crippen molar-refractivity contribution >= 4 is 23.4 Å². The number of aliphatic imine (C=N–C) groups is 1. The molecule has 2 aromatic rings. The van der Waals surface area contributed by atoms with Gasteiger partial charge in [0.05, 0.1) is 12.8 Å². The van der Waals surface area contributed by atoms with Crippen LogP contribution in [0.3, 0.4) is 0 Å². The standard InChI is InChI=1S/C35H44N4O7/c1-37-22-35-20-25(26(21-35)12-15-32(42)43)8-6-16-45-33-28(39-34(36)38-2)17-24(19-31(33)46-35)7-4-5-9-27(40)13-10-23-11-14-29(41)30(18-23)44-3/h5,9,11,14,17-19,25-26,37,41H,4,7-8,10,12-13,15,20-22H2,1-3H3,(H,42,43)(H3,36,38,39)/b9-5+/t25-,26+,35+/m0/s1. The number of guanidine groups is 1. The molecule has 0 saturated heterocycles. The molecule has 2 aliphatic rings. The van der Waals surface area contributed by atoms with E-state index < -0.39 is 11.6 Å². The van der Waals surface area contributed by atoms with Gasteiger partial charge in [-0.3, -0.25) is 14.6 Å². The molecule has 1 aliphatic carbocycles. The molecule has 2 aromatic carbocycles. The summed E-state index contributed by atoms with van der Waals surface area (Å²) >= 11 is 0. The minimum atomic E-state index is -0.806. The van der Waals surface area contributed by atoms with Crippen LogP contribution in [0.25, 0.3) is 0 Å². The zero-order chi connectivity index (χ0) is 33.1. The number of fused-ring (bicyclic) bond motifs is 3. The van der Waals surface area contributed by atoms with Gasteiger partial charge in [-0.05, 0) is 98.9 Å². The van der Waals surface area contributed by atoms with Crippen LogP contribution in [0.15, 0.2) is 47.5 Å². The summed E-state index contributed by atoms with van der Waals surface area (Å²) in [7, 11) is 4.95. The molecule has 1 heterocycles. The number of likely N-dealkylation sites (N-methyl/N-ethyl adjacent to an activating group) is 1. The molecule has 0 radical (unpaired) electrons. The number of ketones is 1. The summed E-state index contributed by atoms with van der Waals surface area (Å²) in [6, 6.07) is 8.93. The van der Waals surface area contributed by atoms with Gasteiger partial charge in [0.15, 0.2) is 29.0 Å². The van der Waals surface area contributed by atoms with Gasteiger partial charge in [-0.15, -0.1) is 0 Å². The Hall–Kier alpha value is -4.69. The molecule has 11 nitrogen and oxygen atoms in total. The number of carbonyl (C=O) groups excluding carboxylic acids is 1. The quantitative estimate of drug-likeness (QED) is 0.0872. The van der Waals surface area contributed by atoms with E-state index in [1.807, 2.05) is 25.3 Å². The summed E-state index contributed by atoms with van der Waals surface area (Å²) in [5.41, 5.74) is 7.88. The third-order valence-corrected chi connectivity index (χ3v) is 8.50. The van der Waals surface area contributed by atoms with Gasteiger partial charge in [-0.25, -0.2) is 0 Å². The number of aliphatic carboxylic acids is 1. The molecule has 1 saturated carbocycles. The number of anilines is 1. The number of nitrogens with one attached hydrogen (secondary N) is 2. The van der Waals surface area contributed by atoms with Crippen molar-refractivity contribution in [2.45, 2.75) is 63.4 Å². The molecule has 3 atom stereocenters. The lowest BCUT2D eigenvalue weighted by Crippen LogP contribution is -2.43. The summed E-state index contributed by atoms with van der Waals surface area (Å²) in [5, 5.41) is 25.5. The first-order valence-corrected chi connectivity index (χ1v) is 15.6. The number of carbonyl (C=O) groups is 2. The fourth-order valence-corrected chi connectivity index (χ4v) is 6.30. The highest BCUT2D eigenvalue weighted by Gasteiger charge is 2.47. The van der Waals surface area contributed by atoms with Crippen LogP contribution >= 0.6 is 0 Å². The van der Waals surface area contributed by atoms with Crippen molar-refractivity contribution in [1.29, 1.82) is 0 Å². The number of phenols is 1. The van der Waals surface area contributed by atoms with Crippen LogP contribution < -0.4 is 30.6 Å². The second kappa shape index (κ2) is 16.0. The van der Waals surface area contributed by atoms with Crippen LogP contribution in [0.1, 0.15) is 56.1 Å². The maximum atomic E-state index is 12.6. The molecular weight excluding hydrogens is 588 g/mol. The number of aryl methyl sites for hydroxylation is 2. The fraction of sp³-hybridized carbons (Fsp3) is 0.457. The largest absolute Gasteiger partial charge is 0.504 e. The van der Waals surface area contributed by atoms with E-state index in [0.29, 0.717) is 74.4 Å². The number of carboxylic acid groups (broad SMARTS) is 1. The van der Waals surface area contributed by atoms with Crippen molar-refractivity contribution in [2.24, 2.45) is 22.6 Å². The summed E-state index contributed by atoms with van der Waals surface area (Å²) < 4.78 is 18.0. The van der Waals surface area contributed by atoms with E-state index in [1.54, 1.807) is 31.3 Å². The first-order valence-electron chi connectivity index (χ1n) is 15.6. The third-order valence-electron chi connectivity index (χ3n) is 8.50. The molecule has 46 heavy (non-hydrogen) atoms. The highest BCUT2D eigenvalue weighted by Crippen LogP contribution is 2.48. The highest BCUT2D eigenvalue weighted by molar-refractivity contribution is 5.94. The Bertz CT molecular complexity index is 1530. The van der Waals surface area contributed by atoms with Crippen LogP contribution in [0.4, 0.5) is 5.69 Å². The number of rotatable bonds is 14. The first-order chi connectivity index (χ1) is 22.1. The number of phenolic OH excluding ortho intramolecular Hbond substituents is 1. The third kappa shape index (κ3) is 9.17. The molecular formula is C35H44N4O7. The minimum Gasteiger partial charge on any atom is -0.504 e. The molecule has 11 heteroatoms. The summed E-state index contributed by atoms with van der Waals surface area (Å²) in [5.74, 6) is 4.25. The Balaban J connectivity index is 1.52. The average Bonchev–Trinajstić information content (AvgIpc) is 3.36. The number of benzene rings is 2. The molecule has 4 rings (SSSR count). The van der Waals surface area contributed by atoms with Crippen LogP contribution in [-0.4, -0.2) is 61.3 Å². The van der Waals surface area contributed by atoms with Crippen molar-refractivity contribution < 1.29 is 34.0 Å². The van der Waals surface area contributed by atoms with Crippen molar-refractivity contribution in [2.75, 3.05) is 33.1 Å². The fourth-order valence-electron chi connectivity index (χ4n) is 6.30. The molecule has 0 spiro atoms. The van der Waals surface area contributed by atoms with Crippen LogP contribution in [0.2, 0.25) is 0 Å². The molecule has 0 aromatic heterocycles. The van der Waals surface area contributed by atoms with Crippen molar-refractivity contribution in [3.05, 3.63) is 53.6 Å². The predicted molar refractivity (Wildman–Crippen MR) is 176 cm³/mol. The highest BCUT2D eigenvalue weighted by atomic mass is 16.5. The average molecular weight is 633 g/mol. The van der Waals surface area contributed by atoms with Gasteiger partial charge in [-0.2, -0.15) is 0 Å². The van der Waals surface area contributed by atoms with Gasteiger partial charge in [0.2, 0.25) is 5.75 Å². The molecule has 0 amide bonds. The Morgan fingerprint density at radius 1 is 1.20 bits per heavy atom. The molecule has 2 bridgehead atoms. The summed E-state index contributed by atoms with van der Waals surface area (Å²) in [6.45, 7) is 0.577. The van der Waals surface area contributed by atoms with Crippen LogP contribution in [0.5, 0.6) is 23.0 Å². The Morgan fingerprint density at radius 3 is 2.76 bits per heavy atom. The van der Waals surface area contributed by atoms with E-state index in [1.165, 1.54) is 7.11 Å². The second-order valence-corrected chi connectivity index (χ2v) is 11.9. The first kappa shape index (κ1) is 34.2. The molecule has 1 fully saturated rings. The van der Waals surface area contributed by atoms with Gasteiger partial charge < -0.3 is 40.8 Å².